The number of hydrazone groups is 2. The Kier molecular flexibility index (Phi) is 14.9. The monoisotopic (exact) mass is 734 g/mol. The molecule has 0 aliphatic carbocycles. The molecule has 8 nitrogen and oxygen atoms in total. The number of anilines is 3. The number of hydrogen-bond donors (Lipinski definition) is 0. The summed E-state index contributed by atoms with van der Waals surface area (Å²) in [5.74, 6) is 2.92. The lowest BCUT2D eigenvalue weighted by Gasteiger charge is -2.21. The second-order valence-electron chi connectivity index (χ2n) is 12.8. The average molecular weight is 735 g/mol. The highest BCUT2D eigenvalue weighted by Gasteiger charge is 2.11. The topological polar surface area (TPSA) is 68.1 Å². The van der Waals surface area contributed by atoms with Crippen LogP contribution in [0, 0.1) is 0 Å². The molecule has 8 heteroatoms. The highest BCUT2D eigenvalue weighted by Crippen LogP contribution is 2.30. The number of hydrogen-bond acceptors (Lipinski definition) is 8. The van der Waals surface area contributed by atoms with E-state index in [0.717, 1.165) is 75.5 Å². The highest BCUT2D eigenvalue weighted by atomic mass is 16.5. The maximum Gasteiger partial charge on any atom is 0.160 e. The van der Waals surface area contributed by atoms with Gasteiger partial charge in [-0.25, -0.2) is 5.01 Å². The molecule has 0 fully saturated rings. The first-order valence-electron chi connectivity index (χ1n) is 18.2. The summed E-state index contributed by atoms with van der Waals surface area (Å²) in [6.45, 7) is 4.81. The van der Waals surface area contributed by atoms with Crippen LogP contribution in [0.25, 0.3) is 0 Å². The van der Waals surface area contributed by atoms with Crippen LogP contribution in [0.4, 0.5) is 17.1 Å². The van der Waals surface area contributed by atoms with Crippen LogP contribution < -0.4 is 29.0 Å². The van der Waals surface area contributed by atoms with Crippen molar-refractivity contribution in [2.45, 2.75) is 33.2 Å². The molecule has 282 valence electrons. The Hall–Kier alpha value is -6.54. The molecule has 0 amide bonds. The molecule has 0 bridgehead atoms. The summed E-state index contributed by atoms with van der Waals surface area (Å²) in [4.78, 5) is 0. The van der Waals surface area contributed by atoms with E-state index in [1.807, 2.05) is 114 Å². The van der Waals surface area contributed by atoms with Crippen LogP contribution in [0.5, 0.6) is 23.0 Å². The number of ether oxygens (including phenoxy) is 4. The zero-order valence-corrected chi connectivity index (χ0v) is 32.6. The van der Waals surface area contributed by atoms with E-state index in [1.54, 1.807) is 28.4 Å². The Balaban J connectivity index is 0.000000211. The lowest BCUT2D eigenvalue weighted by molar-refractivity contribution is 0.354. The highest BCUT2D eigenvalue weighted by molar-refractivity contribution is 5.86. The van der Waals surface area contributed by atoms with Gasteiger partial charge in [-0.3, -0.25) is 5.01 Å². The van der Waals surface area contributed by atoms with Gasteiger partial charge in [0.25, 0.3) is 0 Å². The summed E-state index contributed by atoms with van der Waals surface area (Å²) in [7, 11) is 6.59. The molecule has 0 saturated heterocycles. The van der Waals surface area contributed by atoms with Gasteiger partial charge in [-0.2, -0.15) is 10.2 Å². The molecule has 6 rings (SSSR count). The van der Waals surface area contributed by atoms with E-state index in [9.17, 15) is 0 Å². The minimum Gasteiger partial charge on any atom is -0.493 e. The Labute approximate surface area is 325 Å². The molecule has 55 heavy (non-hydrogen) atoms. The van der Waals surface area contributed by atoms with E-state index in [4.69, 9.17) is 29.2 Å². The molecule has 6 aromatic rings. The Morgan fingerprint density at radius 3 is 1.22 bits per heavy atom. The first-order valence-corrected chi connectivity index (χ1v) is 18.2. The third kappa shape index (κ3) is 11.7. The molecule has 0 heterocycles. The van der Waals surface area contributed by atoms with Gasteiger partial charge in [-0.1, -0.05) is 97.1 Å². The SMILES string of the molecule is COc1ccc(CC(C)=NN(Cc2ccccc2)c2ccccc2)cc1OC.COc1ccc(CC(C)=NN(c2ccccc2)c2ccccc2)cc1OC. The molecule has 0 unspecified atom stereocenters. The largest absolute Gasteiger partial charge is 0.493 e. The first-order chi connectivity index (χ1) is 26.9. The van der Waals surface area contributed by atoms with E-state index < -0.39 is 0 Å². The van der Waals surface area contributed by atoms with Crippen molar-refractivity contribution in [2.24, 2.45) is 10.2 Å². The molecular weight excluding hydrogens is 685 g/mol. The minimum atomic E-state index is 0.716. The molecule has 0 aromatic heterocycles. The van der Waals surface area contributed by atoms with E-state index in [1.165, 1.54) is 5.56 Å². The van der Waals surface area contributed by atoms with Crippen LogP contribution in [0.3, 0.4) is 0 Å². The minimum absolute atomic E-state index is 0.716. The second-order valence-corrected chi connectivity index (χ2v) is 12.8. The molecule has 0 atom stereocenters. The zero-order chi connectivity index (χ0) is 38.8. The summed E-state index contributed by atoms with van der Waals surface area (Å²) >= 11 is 0. The number of benzene rings is 6. The molecule has 6 aromatic carbocycles. The second kappa shape index (κ2) is 20.6. The van der Waals surface area contributed by atoms with Crippen molar-refractivity contribution < 1.29 is 18.9 Å². The van der Waals surface area contributed by atoms with Crippen molar-refractivity contribution in [1.29, 1.82) is 0 Å². The molecular formula is C47H50N4O4. The first kappa shape index (κ1) is 39.7. The zero-order valence-electron chi connectivity index (χ0n) is 32.6. The third-order valence-electron chi connectivity index (χ3n) is 8.61. The van der Waals surface area contributed by atoms with Crippen molar-refractivity contribution in [3.05, 3.63) is 174 Å². The Bertz CT molecular complexity index is 2070. The van der Waals surface area contributed by atoms with Crippen molar-refractivity contribution in [3.8, 4) is 23.0 Å². The van der Waals surface area contributed by atoms with Crippen LogP contribution in [0.15, 0.2) is 168 Å². The normalized spacial score (nSPS) is 11.2. The van der Waals surface area contributed by atoms with Crippen molar-refractivity contribution >= 4 is 28.5 Å². The molecule has 0 spiro atoms. The number of rotatable bonds is 15. The third-order valence-corrected chi connectivity index (χ3v) is 8.61. The molecule has 0 aliphatic rings. The molecule has 0 saturated carbocycles. The van der Waals surface area contributed by atoms with Crippen molar-refractivity contribution in [1.82, 2.24) is 0 Å². The van der Waals surface area contributed by atoms with Crippen LogP contribution in [-0.2, 0) is 19.4 Å². The summed E-state index contributed by atoms with van der Waals surface area (Å²) in [5.41, 5.74) is 8.60. The smallest absolute Gasteiger partial charge is 0.160 e. The van der Waals surface area contributed by atoms with E-state index in [-0.39, 0.29) is 0 Å². The Morgan fingerprint density at radius 1 is 0.418 bits per heavy atom. The van der Waals surface area contributed by atoms with E-state index >= 15 is 0 Å². The van der Waals surface area contributed by atoms with Crippen molar-refractivity contribution in [3.63, 3.8) is 0 Å². The van der Waals surface area contributed by atoms with Gasteiger partial charge in [-0.05, 0) is 91.2 Å². The number of methoxy groups -OCH3 is 4. The predicted molar refractivity (Wildman–Crippen MR) is 227 cm³/mol. The van der Waals surface area contributed by atoms with E-state index in [0.29, 0.717) is 6.54 Å². The van der Waals surface area contributed by atoms with E-state index in [2.05, 4.69) is 67.6 Å². The fraction of sp³-hybridized carbons (Fsp3) is 0.191. The number of para-hydroxylation sites is 3. The average Bonchev–Trinajstić information content (AvgIpc) is 3.24. The fourth-order valence-electron chi connectivity index (χ4n) is 5.96. The maximum absolute atomic E-state index is 5.41. The molecule has 0 radical (unpaired) electrons. The fourth-order valence-corrected chi connectivity index (χ4v) is 5.96. The van der Waals surface area contributed by atoms with Crippen LogP contribution in [0.2, 0.25) is 0 Å². The lowest BCUT2D eigenvalue weighted by atomic mass is 10.1. The summed E-state index contributed by atoms with van der Waals surface area (Å²) in [6, 6.07) is 52.9. The predicted octanol–water partition coefficient (Wildman–Crippen LogP) is 10.8. The lowest BCUT2D eigenvalue weighted by Crippen LogP contribution is -2.18. The summed E-state index contributed by atoms with van der Waals surface area (Å²) in [6.07, 6.45) is 1.45. The number of nitrogens with zero attached hydrogens (tertiary/aromatic N) is 4. The van der Waals surface area contributed by atoms with Crippen LogP contribution in [-0.4, -0.2) is 39.9 Å². The summed E-state index contributed by atoms with van der Waals surface area (Å²) < 4.78 is 21.4. The Morgan fingerprint density at radius 2 is 0.800 bits per heavy atom. The van der Waals surface area contributed by atoms with Gasteiger partial charge < -0.3 is 18.9 Å². The van der Waals surface area contributed by atoms with Gasteiger partial charge in [0, 0.05) is 24.3 Å². The van der Waals surface area contributed by atoms with Gasteiger partial charge in [0.1, 0.15) is 0 Å². The van der Waals surface area contributed by atoms with Gasteiger partial charge in [0.05, 0.1) is 52.0 Å². The van der Waals surface area contributed by atoms with Crippen molar-refractivity contribution in [2.75, 3.05) is 38.5 Å². The molecule has 0 aliphatic heterocycles. The van der Waals surface area contributed by atoms with Gasteiger partial charge in [0.2, 0.25) is 0 Å². The van der Waals surface area contributed by atoms with Gasteiger partial charge in [0.15, 0.2) is 23.0 Å². The maximum atomic E-state index is 5.41. The van der Waals surface area contributed by atoms with Gasteiger partial charge >= 0.3 is 0 Å². The standard InChI is InChI=1S/C24H26N2O2.C23H24N2O2/c1-19(16-21-14-15-23(27-2)24(17-21)28-3)25-26(22-12-8-5-9-13-22)18-20-10-6-4-7-11-20;1-18(16-19-14-15-22(26-2)23(17-19)27-3)24-25(20-10-6-4-7-11-20)21-12-8-5-9-13-21/h4-15,17H,16,18H2,1-3H3;4-15,17H,16H2,1-3H3. The summed E-state index contributed by atoms with van der Waals surface area (Å²) in [5, 5.41) is 13.8. The van der Waals surface area contributed by atoms with Crippen LogP contribution in [0.1, 0.15) is 30.5 Å². The molecule has 0 N–H and O–H groups in total. The quantitative estimate of drug-likeness (QED) is 0.0773. The van der Waals surface area contributed by atoms with Gasteiger partial charge in [-0.15, -0.1) is 0 Å². The van der Waals surface area contributed by atoms with Crippen LogP contribution >= 0.6 is 0 Å².